The molecule has 1 N–H and O–H groups in total. The largest absolute Gasteiger partial charge is 0.353 e. The molecular formula is C15H20ClNO. The minimum atomic E-state index is 0.177. The maximum Gasteiger partial charge on any atom is 0.220 e. The summed E-state index contributed by atoms with van der Waals surface area (Å²) >= 11 is 5.76. The van der Waals surface area contributed by atoms with E-state index in [0.29, 0.717) is 12.3 Å². The Labute approximate surface area is 114 Å². The van der Waals surface area contributed by atoms with Crippen LogP contribution in [0.5, 0.6) is 0 Å². The monoisotopic (exact) mass is 265 g/mol. The summed E-state index contributed by atoms with van der Waals surface area (Å²) in [4.78, 5) is 11.6. The Morgan fingerprint density at radius 1 is 1.39 bits per heavy atom. The summed E-state index contributed by atoms with van der Waals surface area (Å²) in [5.74, 6) is 0.839. The molecule has 1 unspecified atom stereocenters. The number of aryl methyl sites for hydroxylation is 1. The fourth-order valence-electron chi connectivity index (χ4n) is 2.57. The van der Waals surface area contributed by atoms with Crippen LogP contribution in [0.2, 0.25) is 0 Å². The fourth-order valence-corrected chi connectivity index (χ4v) is 2.78. The smallest absolute Gasteiger partial charge is 0.220 e. The van der Waals surface area contributed by atoms with E-state index in [0.717, 1.165) is 25.7 Å². The molecular weight excluding hydrogens is 246 g/mol. The summed E-state index contributed by atoms with van der Waals surface area (Å²) in [5, 5.41) is 3.11. The number of halogens is 1. The first-order chi connectivity index (χ1) is 8.72. The molecule has 1 aliphatic rings. The van der Waals surface area contributed by atoms with Gasteiger partial charge in [-0.1, -0.05) is 25.1 Å². The third-order valence-corrected chi connectivity index (χ3v) is 3.62. The second kappa shape index (κ2) is 6.24. The van der Waals surface area contributed by atoms with Crippen molar-refractivity contribution in [1.29, 1.82) is 0 Å². The van der Waals surface area contributed by atoms with Crippen LogP contribution in [-0.2, 0) is 24.1 Å². The molecule has 0 aromatic heterocycles. The van der Waals surface area contributed by atoms with Crippen LogP contribution in [0.1, 0.15) is 36.5 Å². The number of benzene rings is 1. The second-order valence-corrected chi connectivity index (χ2v) is 5.34. The van der Waals surface area contributed by atoms with Gasteiger partial charge in [0.2, 0.25) is 5.91 Å². The van der Waals surface area contributed by atoms with Crippen molar-refractivity contribution in [2.75, 3.05) is 5.88 Å². The summed E-state index contributed by atoms with van der Waals surface area (Å²) in [6.45, 7) is 2.03. The molecule has 1 aromatic rings. The Hall–Kier alpha value is -1.02. The van der Waals surface area contributed by atoms with Crippen LogP contribution >= 0.6 is 11.6 Å². The molecule has 0 saturated carbocycles. The van der Waals surface area contributed by atoms with Gasteiger partial charge in [0.05, 0.1) is 0 Å². The predicted molar refractivity (Wildman–Crippen MR) is 75.1 cm³/mol. The van der Waals surface area contributed by atoms with Gasteiger partial charge in [-0.05, 0) is 42.4 Å². The molecule has 98 valence electrons. The van der Waals surface area contributed by atoms with E-state index < -0.39 is 0 Å². The molecule has 0 saturated heterocycles. The number of alkyl halides is 1. The van der Waals surface area contributed by atoms with E-state index in [2.05, 4.69) is 23.5 Å². The minimum Gasteiger partial charge on any atom is -0.353 e. The molecule has 18 heavy (non-hydrogen) atoms. The van der Waals surface area contributed by atoms with E-state index in [1.807, 2.05) is 6.92 Å². The molecule has 1 aliphatic carbocycles. The lowest BCUT2D eigenvalue weighted by molar-refractivity contribution is -0.121. The maximum atomic E-state index is 11.6. The third-order valence-electron chi connectivity index (χ3n) is 3.43. The minimum absolute atomic E-state index is 0.177. The van der Waals surface area contributed by atoms with Crippen LogP contribution in [0.25, 0.3) is 0 Å². The third kappa shape index (κ3) is 3.26. The molecule has 0 heterocycles. The Kier molecular flexibility index (Phi) is 4.65. The Morgan fingerprint density at radius 2 is 2.17 bits per heavy atom. The molecule has 0 bridgehead atoms. The fraction of sp³-hybridized carbons (Fsp3) is 0.533. The Bertz CT molecular complexity index is 431. The van der Waals surface area contributed by atoms with E-state index in [4.69, 9.17) is 11.6 Å². The van der Waals surface area contributed by atoms with Crippen molar-refractivity contribution in [2.45, 2.75) is 45.1 Å². The van der Waals surface area contributed by atoms with Crippen molar-refractivity contribution < 1.29 is 4.79 Å². The normalized spacial score (nSPS) is 17.6. The Balaban J connectivity index is 1.97. The SMILES string of the molecule is CCCC(=O)NC1Cc2ccc(CCCl)cc2C1. The predicted octanol–water partition coefficient (Wildman–Crippen LogP) is 2.85. The Morgan fingerprint density at radius 3 is 2.89 bits per heavy atom. The molecule has 1 amide bonds. The van der Waals surface area contributed by atoms with Gasteiger partial charge in [-0.15, -0.1) is 11.6 Å². The summed E-state index contributed by atoms with van der Waals surface area (Å²) in [6, 6.07) is 6.86. The standard InChI is InChI=1S/C15H20ClNO/c1-2-3-15(18)17-14-9-12-5-4-11(6-7-16)8-13(12)10-14/h4-5,8,14H,2-3,6-7,9-10H2,1H3,(H,17,18). The molecule has 1 atom stereocenters. The van der Waals surface area contributed by atoms with E-state index in [1.165, 1.54) is 16.7 Å². The van der Waals surface area contributed by atoms with Gasteiger partial charge < -0.3 is 5.32 Å². The molecule has 2 nitrogen and oxygen atoms in total. The van der Waals surface area contributed by atoms with Crippen LogP contribution in [0.15, 0.2) is 18.2 Å². The zero-order valence-corrected chi connectivity index (χ0v) is 11.6. The van der Waals surface area contributed by atoms with Crippen LogP contribution in [-0.4, -0.2) is 17.8 Å². The van der Waals surface area contributed by atoms with Crippen LogP contribution < -0.4 is 5.32 Å². The first-order valence-electron chi connectivity index (χ1n) is 6.69. The van der Waals surface area contributed by atoms with E-state index in [9.17, 15) is 4.79 Å². The van der Waals surface area contributed by atoms with Gasteiger partial charge in [0.15, 0.2) is 0 Å². The summed E-state index contributed by atoms with van der Waals surface area (Å²) in [6.07, 6.45) is 4.38. The number of amides is 1. The molecule has 0 radical (unpaired) electrons. The number of fused-ring (bicyclic) bond motifs is 1. The van der Waals surface area contributed by atoms with Crippen LogP contribution in [0, 0.1) is 0 Å². The van der Waals surface area contributed by atoms with Gasteiger partial charge in [-0.25, -0.2) is 0 Å². The van der Waals surface area contributed by atoms with Crippen molar-refractivity contribution in [2.24, 2.45) is 0 Å². The lowest BCUT2D eigenvalue weighted by atomic mass is 10.1. The zero-order valence-electron chi connectivity index (χ0n) is 10.8. The lowest BCUT2D eigenvalue weighted by Gasteiger charge is -2.11. The first-order valence-corrected chi connectivity index (χ1v) is 7.22. The maximum absolute atomic E-state index is 11.6. The molecule has 2 rings (SSSR count). The van der Waals surface area contributed by atoms with E-state index in [-0.39, 0.29) is 11.9 Å². The number of nitrogens with one attached hydrogen (secondary N) is 1. The second-order valence-electron chi connectivity index (χ2n) is 4.96. The van der Waals surface area contributed by atoms with E-state index in [1.54, 1.807) is 0 Å². The van der Waals surface area contributed by atoms with Crippen molar-refractivity contribution in [1.82, 2.24) is 5.32 Å². The van der Waals surface area contributed by atoms with Crippen molar-refractivity contribution in [3.8, 4) is 0 Å². The lowest BCUT2D eigenvalue weighted by Crippen LogP contribution is -2.34. The van der Waals surface area contributed by atoms with Crippen molar-refractivity contribution in [3.05, 3.63) is 34.9 Å². The topological polar surface area (TPSA) is 29.1 Å². The average Bonchev–Trinajstić information content (AvgIpc) is 2.71. The highest BCUT2D eigenvalue weighted by molar-refractivity contribution is 6.17. The van der Waals surface area contributed by atoms with Gasteiger partial charge in [-0.3, -0.25) is 4.79 Å². The van der Waals surface area contributed by atoms with Crippen LogP contribution in [0.3, 0.4) is 0 Å². The van der Waals surface area contributed by atoms with Crippen LogP contribution in [0.4, 0.5) is 0 Å². The summed E-state index contributed by atoms with van der Waals surface area (Å²) in [5.41, 5.74) is 4.04. The van der Waals surface area contributed by atoms with Crippen molar-refractivity contribution in [3.63, 3.8) is 0 Å². The number of hydrogen-bond donors (Lipinski definition) is 1. The van der Waals surface area contributed by atoms with Gasteiger partial charge in [-0.2, -0.15) is 0 Å². The molecule has 0 spiro atoms. The average molecular weight is 266 g/mol. The van der Waals surface area contributed by atoms with Gasteiger partial charge >= 0.3 is 0 Å². The molecule has 0 aliphatic heterocycles. The highest BCUT2D eigenvalue weighted by atomic mass is 35.5. The number of carbonyl (C=O) groups excluding carboxylic acids is 1. The molecule has 0 fully saturated rings. The summed E-state index contributed by atoms with van der Waals surface area (Å²) in [7, 11) is 0. The highest BCUT2D eigenvalue weighted by Gasteiger charge is 2.22. The highest BCUT2D eigenvalue weighted by Crippen LogP contribution is 2.24. The number of carbonyl (C=O) groups is 1. The van der Waals surface area contributed by atoms with Gasteiger partial charge in [0, 0.05) is 18.3 Å². The number of rotatable bonds is 5. The quantitative estimate of drug-likeness (QED) is 0.815. The molecule has 1 aromatic carbocycles. The van der Waals surface area contributed by atoms with Gasteiger partial charge in [0.1, 0.15) is 0 Å². The summed E-state index contributed by atoms with van der Waals surface area (Å²) < 4.78 is 0. The van der Waals surface area contributed by atoms with Crippen molar-refractivity contribution >= 4 is 17.5 Å². The zero-order chi connectivity index (χ0) is 13.0. The molecule has 3 heteroatoms. The first kappa shape index (κ1) is 13.4. The number of hydrogen-bond acceptors (Lipinski definition) is 1. The van der Waals surface area contributed by atoms with Gasteiger partial charge in [0.25, 0.3) is 0 Å². The van der Waals surface area contributed by atoms with E-state index >= 15 is 0 Å².